The molecule has 0 aromatic heterocycles. The fourth-order valence-corrected chi connectivity index (χ4v) is 2.36. The molecule has 1 aliphatic rings. The van der Waals surface area contributed by atoms with Crippen molar-refractivity contribution in [3.63, 3.8) is 0 Å². The van der Waals surface area contributed by atoms with E-state index in [1.807, 2.05) is 6.92 Å². The van der Waals surface area contributed by atoms with Gasteiger partial charge in [-0.2, -0.15) is 13.2 Å². The zero-order valence-corrected chi connectivity index (χ0v) is 12.6. The molecule has 1 aliphatic heterocycles. The summed E-state index contributed by atoms with van der Waals surface area (Å²) in [6.07, 6.45) is 0.237. The summed E-state index contributed by atoms with van der Waals surface area (Å²) < 4.78 is 39.1. The molecule has 1 N–H and O–H groups in total. The van der Waals surface area contributed by atoms with Crippen LogP contribution in [0.5, 0.6) is 0 Å². The second kappa shape index (κ2) is 7.81. The number of rotatable bonds is 5. The van der Waals surface area contributed by atoms with Crippen LogP contribution in [0.4, 0.5) is 13.2 Å². The molecular formula is C15H25F3N2. The Morgan fingerprint density at radius 2 is 1.90 bits per heavy atom. The van der Waals surface area contributed by atoms with Crippen molar-refractivity contribution in [2.24, 2.45) is 10.9 Å². The molecule has 1 saturated heterocycles. The van der Waals surface area contributed by atoms with Crippen molar-refractivity contribution in [2.75, 3.05) is 13.1 Å². The van der Waals surface area contributed by atoms with E-state index in [9.17, 15) is 13.2 Å². The summed E-state index contributed by atoms with van der Waals surface area (Å²) >= 11 is 0. The second-order valence-corrected chi connectivity index (χ2v) is 5.60. The fraction of sp³-hybridized carbons (Fsp3) is 0.800. The number of hydrogen-bond acceptors (Lipinski definition) is 2. The van der Waals surface area contributed by atoms with Crippen LogP contribution in [0.2, 0.25) is 0 Å². The summed E-state index contributed by atoms with van der Waals surface area (Å²) in [6.45, 7) is 6.91. The first-order valence-electron chi connectivity index (χ1n) is 7.40. The minimum Gasteiger partial charge on any atom is -0.317 e. The highest BCUT2D eigenvalue weighted by Gasteiger charge is 2.35. The van der Waals surface area contributed by atoms with Crippen LogP contribution in [0.15, 0.2) is 16.6 Å². The highest BCUT2D eigenvalue weighted by Crippen LogP contribution is 2.31. The van der Waals surface area contributed by atoms with Crippen molar-refractivity contribution in [3.8, 4) is 0 Å². The van der Waals surface area contributed by atoms with Crippen LogP contribution < -0.4 is 5.32 Å². The third kappa shape index (κ3) is 5.65. The lowest BCUT2D eigenvalue weighted by Crippen LogP contribution is -2.30. The zero-order chi connectivity index (χ0) is 15.2. The van der Waals surface area contributed by atoms with Gasteiger partial charge in [-0.25, -0.2) is 0 Å². The molecule has 0 aromatic carbocycles. The van der Waals surface area contributed by atoms with Gasteiger partial charge in [0.2, 0.25) is 0 Å². The summed E-state index contributed by atoms with van der Waals surface area (Å²) in [6, 6.07) is 0.163. The Morgan fingerprint density at radius 1 is 1.30 bits per heavy atom. The number of aliphatic imine (C=N–C) groups is 1. The van der Waals surface area contributed by atoms with Crippen LogP contribution in [0.25, 0.3) is 0 Å². The van der Waals surface area contributed by atoms with Crippen molar-refractivity contribution >= 4 is 5.71 Å². The molecule has 0 atom stereocenters. The number of nitrogens with zero attached hydrogens (tertiary/aromatic N) is 1. The van der Waals surface area contributed by atoms with E-state index < -0.39 is 17.7 Å². The molecule has 0 spiro atoms. The molecule has 0 saturated carbocycles. The van der Waals surface area contributed by atoms with Crippen LogP contribution in [0, 0.1) is 5.92 Å². The Bertz CT molecular complexity index is 351. The average molecular weight is 290 g/mol. The molecule has 116 valence electrons. The minimum absolute atomic E-state index is 0.163. The summed E-state index contributed by atoms with van der Waals surface area (Å²) in [5.41, 5.74) is 0.124. The molecule has 1 rings (SSSR count). The molecule has 2 nitrogen and oxygen atoms in total. The maximum absolute atomic E-state index is 13.0. The maximum Gasteiger partial charge on any atom is 0.413 e. The molecular weight excluding hydrogens is 265 g/mol. The van der Waals surface area contributed by atoms with Crippen molar-refractivity contribution in [1.29, 1.82) is 0 Å². The lowest BCUT2D eigenvalue weighted by molar-refractivity contribution is -0.0975. The Kier molecular flexibility index (Phi) is 6.72. The molecule has 0 amide bonds. The third-order valence-corrected chi connectivity index (χ3v) is 3.43. The number of alkyl halides is 3. The Morgan fingerprint density at radius 3 is 2.35 bits per heavy atom. The lowest BCUT2D eigenvalue weighted by atomic mass is 9.99. The van der Waals surface area contributed by atoms with Crippen molar-refractivity contribution in [1.82, 2.24) is 5.32 Å². The number of halogens is 3. The quantitative estimate of drug-likeness (QED) is 0.757. The van der Waals surface area contributed by atoms with E-state index >= 15 is 0 Å². The molecule has 1 heterocycles. The molecule has 1 fully saturated rings. The number of allylic oxidation sites excluding steroid dienone is 2. The van der Waals surface area contributed by atoms with Gasteiger partial charge in [0.15, 0.2) is 0 Å². The van der Waals surface area contributed by atoms with Crippen LogP contribution >= 0.6 is 0 Å². The predicted molar refractivity (Wildman–Crippen MR) is 77.2 cm³/mol. The first-order valence-corrected chi connectivity index (χ1v) is 7.40. The van der Waals surface area contributed by atoms with Gasteiger partial charge in [-0.3, -0.25) is 4.99 Å². The molecule has 0 aliphatic carbocycles. The van der Waals surface area contributed by atoms with Gasteiger partial charge in [-0.05, 0) is 44.3 Å². The highest BCUT2D eigenvalue weighted by atomic mass is 19.4. The van der Waals surface area contributed by atoms with E-state index in [-0.39, 0.29) is 6.04 Å². The molecule has 0 bridgehead atoms. The predicted octanol–water partition coefficient (Wildman–Crippen LogP) is 4.12. The minimum atomic E-state index is -4.27. The van der Waals surface area contributed by atoms with Gasteiger partial charge in [-0.1, -0.05) is 27.2 Å². The van der Waals surface area contributed by atoms with E-state index in [1.165, 1.54) is 6.08 Å². The first-order chi connectivity index (χ1) is 9.34. The summed E-state index contributed by atoms with van der Waals surface area (Å²) in [5, 5.41) is 3.24. The van der Waals surface area contributed by atoms with Crippen LogP contribution in [0.1, 0.15) is 46.5 Å². The fourth-order valence-electron chi connectivity index (χ4n) is 2.36. The van der Waals surface area contributed by atoms with Crippen molar-refractivity contribution in [2.45, 2.75) is 58.7 Å². The molecule has 5 heteroatoms. The second-order valence-electron chi connectivity index (χ2n) is 5.60. The van der Waals surface area contributed by atoms with Gasteiger partial charge in [0.1, 0.15) is 0 Å². The van der Waals surface area contributed by atoms with Gasteiger partial charge in [0.05, 0.1) is 6.04 Å². The Labute approximate surface area is 119 Å². The molecule has 0 aromatic rings. The normalized spacial score (nSPS) is 19.8. The van der Waals surface area contributed by atoms with Crippen LogP contribution in [-0.2, 0) is 0 Å². The number of piperidine rings is 1. The maximum atomic E-state index is 13.0. The summed E-state index contributed by atoms with van der Waals surface area (Å²) in [7, 11) is 0. The van der Waals surface area contributed by atoms with Gasteiger partial charge in [0, 0.05) is 11.3 Å². The van der Waals surface area contributed by atoms with Gasteiger partial charge in [-0.15, -0.1) is 0 Å². The van der Waals surface area contributed by atoms with E-state index in [2.05, 4.69) is 10.3 Å². The van der Waals surface area contributed by atoms with Gasteiger partial charge >= 0.3 is 6.18 Å². The number of hydrogen-bond donors (Lipinski definition) is 1. The zero-order valence-electron chi connectivity index (χ0n) is 12.6. The topological polar surface area (TPSA) is 24.4 Å². The SMILES string of the molecule is CCCC(/C=C(\C(C)C)C(F)(F)F)=NC1CCNCC1. The standard InChI is InChI=1S/C15H25F3N2/c1-4-5-13(20-12-6-8-19-9-7-12)10-14(11(2)3)15(16,17)18/h10-12,19H,4-9H2,1-3H3/b14-10+,20-13?. The third-order valence-electron chi connectivity index (χ3n) is 3.43. The smallest absolute Gasteiger partial charge is 0.317 e. The van der Waals surface area contributed by atoms with E-state index in [1.54, 1.807) is 13.8 Å². The van der Waals surface area contributed by atoms with E-state index in [0.29, 0.717) is 12.1 Å². The lowest BCUT2D eigenvalue weighted by Gasteiger charge is -2.21. The average Bonchev–Trinajstić information content (AvgIpc) is 2.35. The monoisotopic (exact) mass is 290 g/mol. The van der Waals surface area contributed by atoms with Crippen LogP contribution in [-0.4, -0.2) is 31.0 Å². The molecule has 20 heavy (non-hydrogen) atoms. The summed E-state index contributed by atoms with van der Waals surface area (Å²) in [4.78, 5) is 4.56. The van der Waals surface area contributed by atoms with E-state index in [4.69, 9.17) is 0 Å². The molecule has 0 unspecified atom stereocenters. The Balaban J connectivity index is 2.95. The first kappa shape index (κ1) is 17.2. The van der Waals surface area contributed by atoms with Gasteiger partial charge < -0.3 is 5.32 Å². The van der Waals surface area contributed by atoms with Crippen molar-refractivity contribution in [3.05, 3.63) is 11.6 Å². The van der Waals surface area contributed by atoms with Crippen LogP contribution in [0.3, 0.4) is 0 Å². The summed E-state index contributed by atoms with van der Waals surface area (Å²) in [5.74, 6) is -0.537. The van der Waals surface area contributed by atoms with E-state index in [0.717, 1.165) is 32.4 Å². The number of nitrogens with one attached hydrogen (secondary N) is 1. The van der Waals surface area contributed by atoms with Crippen molar-refractivity contribution < 1.29 is 13.2 Å². The Hall–Kier alpha value is -0.840. The molecule has 0 radical (unpaired) electrons. The largest absolute Gasteiger partial charge is 0.413 e. The highest BCUT2D eigenvalue weighted by molar-refractivity contribution is 5.95. The van der Waals surface area contributed by atoms with Gasteiger partial charge in [0.25, 0.3) is 0 Å².